The van der Waals surface area contributed by atoms with Crippen LogP contribution in [0.15, 0.2) is 12.4 Å². The molecule has 0 amide bonds. The summed E-state index contributed by atoms with van der Waals surface area (Å²) in [5.41, 5.74) is 4.11. The summed E-state index contributed by atoms with van der Waals surface area (Å²) in [5.74, 6) is 5.55. The van der Waals surface area contributed by atoms with E-state index in [1.165, 1.54) is 5.56 Å². The van der Waals surface area contributed by atoms with Crippen LogP contribution in [0.4, 0.5) is 0 Å². The van der Waals surface area contributed by atoms with Crippen molar-refractivity contribution >= 4 is 0 Å². The molecule has 5 nitrogen and oxygen atoms in total. The second kappa shape index (κ2) is 6.62. The number of hydrazine groups is 1. The number of hydrogen-bond donors (Lipinski definition) is 2. The van der Waals surface area contributed by atoms with Gasteiger partial charge >= 0.3 is 0 Å². The van der Waals surface area contributed by atoms with Crippen LogP contribution in [0.5, 0.6) is 0 Å². The topological polar surface area (TPSA) is 59.1 Å². The van der Waals surface area contributed by atoms with E-state index in [1.807, 2.05) is 10.9 Å². The second-order valence-electron chi connectivity index (χ2n) is 4.36. The average Bonchev–Trinajstić information content (AvgIpc) is 2.71. The number of nitrogens with two attached hydrogens (primary N) is 1. The van der Waals surface area contributed by atoms with Crippen molar-refractivity contribution in [2.24, 2.45) is 5.84 Å². The lowest BCUT2D eigenvalue weighted by atomic mass is 10.1. The molecule has 1 atom stereocenters. The molecule has 1 rings (SSSR count). The molecule has 0 radical (unpaired) electrons. The highest BCUT2D eigenvalue weighted by Crippen LogP contribution is 2.05. The van der Waals surface area contributed by atoms with E-state index >= 15 is 0 Å². The Morgan fingerprint density at radius 2 is 2.31 bits per heavy atom. The van der Waals surface area contributed by atoms with E-state index in [4.69, 9.17) is 5.84 Å². The molecule has 0 spiro atoms. The SMILES string of the molecule is CCn1cc(CC(CCN(C)C)NN)cn1. The molecule has 0 saturated carbocycles. The van der Waals surface area contributed by atoms with Crippen molar-refractivity contribution in [2.45, 2.75) is 32.4 Å². The maximum atomic E-state index is 5.55. The minimum atomic E-state index is 0.317. The third kappa shape index (κ3) is 4.30. The van der Waals surface area contributed by atoms with Crippen molar-refractivity contribution in [1.29, 1.82) is 0 Å². The van der Waals surface area contributed by atoms with Crippen LogP contribution >= 0.6 is 0 Å². The molecule has 0 saturated heterocycles. The highest BCUT2D eigenvalue weighted by atomic mass is 15.3. The number of nitrogens with zero attached hydrogens (tertiary/aromatic N) is 3. The molecule has 1 unspecified atom stereocenters. The fraction of sp³-hybridized carbons (Fsp3) is 0.727. The quantitative estimate of drug-likeness (QED) is 0.515. The minimum absolute atomic E-state index is 0.317. The maximum absolute atomic E-state index is 5.55. The summed E-state index contributed by atoms with van der Waals surface area (Å²) in [7, 11) is 4.14. The molecule has 0 aliphatic heterocycles. The number of rotatable bonds is 7. The summed E-state index contributed by atoms with van der Waals surface area (Å²) < 4.78 is 1.94. The van der Waals surface area contributed by atoms with Crippen LogP contribution in [0.2, 0.25) is 0 Å². The first-order valence-corrected chi connectivity index (χ1v) is 5.78. The van der Waals surface area contributed by atoms with Gasteiger partial charge in [-0.25, -0.2) is 0 Å². The smallest absolute Gasteiger partial charge is 0.0522 e. The molecule has 0 aliphatic carbocycles. The fourth-order valence-electron chi connectivity index (χ4n) is 1.63. The summed E-state index contributed by atoms with van der Waals surface area (Å²) in [5, 5.41) is 4.25. The Balaban J connectivity index is 2.42. The zero-order chi connectivity index (χ0) is 12.0. The van der Waals surface area contributed by atoms with E-state index in [2.05, 4.69) is 42.6 Å². The Hall–Kier alpha value is -0.910. The van der Waals surface area contributed by atoms with Gasteiger partial charge in [-0.15, -0.1) is 0 Å². The van der Waals surface area contributed by atoms with Gasteiger partial charge in [0, 0.05) is 18.8 Å². The highest BCUT2D eigenvalue weighted by molar-refractivity contribution is 5.06. The van der Waals surface area contributed by atoms with Crippen molar-refractivity contribution in [3.63, 3.8) is 0 Å². The second-order valence-corrected chi connectivity index (χ2v) is 4.36. The zero-order valence-electron chi connectivity index (χ0n) is 10.5. The first-order chi connectivity index (χ1) is 7.65. The summed E-state index contributed by atoms with van der Waals surface area (Å²) in [6.07, 6.45) is 5.98. The predicted octanol–water partition coefficient (Wildman–Crippen LogP) is 0.229. The van der Waals surface area contributed by atoms with Gasteiger partial charge in [0.2, 0.25) is 0 Å². The van der Waals surface area contributed by atoms with E-state index in [0.29, 0.717) is 6.04 Å². The summed E-state index contributed by atoms with van der Waals surface area (Å²) in [4.78, 5) is 2.17. The molecule has 0 fully saturated rings. The van der Waals surface area contributed by atoms with Crippen LogP contribution < -0.4 is 11.3 Å². The Kier molecular flexibility index (Phi) is 5.45. The molecular formula is C11H23N5. The van der Waals surface area contributed by atoms with Gasteiger partial charge in [0.05, 0.1) is 6.20 Å². The standard InChI is InChI=1S/C11H23N5/c1-4-16-9-10(8-13-16)7-11(14-12)5-6-15(2)3/h8-9,11,14H,4-7,12H2,1-3H3. The predicted molar refractivity (Wildman–Crippen MR) is 65.9 cm³/mol. The van der Waals surface area contributed by atoms with Crippen molar-refractivity contribution in [3.8, 4) is 0 Å². The maximum Gasteiger partial charge on any atom is 0.0522 e. The van der Waals surface area contributed by atoms with Gasteiger partial charge in [0.15, 0.2) is 0 Å². The normalized spacial score (nSPS) is 13.3. The molecule has 0 aliphatic rings. The highest BCUT2D eigenvalue weighted by Gasteiger charge is 2.09. The Morgan fingerprint density at radius 1 is 1.56 bits per heavy atom. The van der Waals surface area contributed by atoms with Gasteiger partial charge in [-0.3, -0.25) is 16.0 Å². The van der Waals surface area contributed by atoms with Gasteiger partial charge in [0.1, 0.15) is 0 Å². The van der Waals surface area contributed by atoms with Crippen LogP contribution in [0.1, 0.15) is 18.9 Å². The lowest BCUT2D eigenvalue weighted by molar-refractivity contribution is 0.358. The van der Waals surface area contributed by atoms with Crippen LogP contribution in [-0.2, 0) is 13.0 Å². The molecule has 16 heavy (non-hydrogen) atoms. The fourth-order valence-corrected chi connectivity index (χ4v) is 1.63. The number of aromatic nitrogens is 2. The van der Waals surface area contributed by atoms with E-state index < -0.39 is 0 Å². The first-order valence-electron chi connectivity index (χ1n) is 5.78. The molecule has 1 heterocycles. The van der Waals surface area contributed by atoms with Crippen molar-refractivity contribution in [3.05, 3.63) is 18.0 Å². The Labute approximate surface area is 97.6 Å². The first kappa shape index (κ1) is 13.2. The summed E-state index contributed by atoms with van der Waals surface area (Å²) >= 11 is 0. The van der Waals surface area contributed by atoms with Crippen LogP contribution in [-0.4, -0.2) is 41.4 Å². The van der Waals surface area contributed by atoms with E-state index in [-0.39, 0.29) is 0 Å². The van der Waals surface area contributed by atoms with Crippen LogP contribution in [0.25, 0.3) is 0 Å². The monoisotopic (exact) mass is 225 g/mol. The van der Waals surface area contributed by atoms with Crippen LogP contribution in [0, 0.1) is 0 Å². The minimum Gasteiger partial charge on any atom is -0.309 e. The van der Waals surface area contributed by atoms with Crippen molar-refractivity contribution in [1.82, 2.24) is 20.1 Å². The van der Waals surface area contributed by atoms with E-state index in [1.54, 1.807) is 0 Å². The molecule has 0 bridgehead atoms. The molecule has 3 N–H and O–H groups in total. The van der Waals surface area contributed by atoms with Gasteiger partial charge in [0.25, 0.3) is 0 Å². The van der Waals surface area contributed by atoms with Crippen LogP contribution in [0.3, 0.4) is 0 Å². The Morgan fingerprint density at radius 3 is 2.81 bits per heavy atom. The molecule has 1 aromatic rings. The lowest BCUT2D eigenvalue weighted by Gasteiger charge is -2.17. The van der Waals surface area contributed by atoms with E-state index in [0.717, 1.165) is 25.9 Å². The summed E-state index contributed by atoms with van der Waals surface area (Å²) in [6.45, 7) is 4.04. The van der Waals surface area contributed by atoms with Gasteiger partial charge in [-0.2, -0.15) is 5.10 Å². The largest absolute Gasteiger partial charge is 0.309 e. The van der Waals surface area contributed by atoms with Crippen molar-refractivity contribution in [2.75, 3.05) is 20.6 Å². The molecular weight excluding hydrogens is 202 g/mol. The number of aryl methyl sites for hydroxylation is 1. The number of nitrogens with one attached hydrogen (secondary N) is 1. The molecule has 0 aromatic carbocycles. The lowest BCUT2D eigenvalue weighted by Crippen LogP contribution is -2.38. The average molecular weight is 225 g/mol. The molecule has 5 heteroatoms. The van der Waals surface area contributed by atoms with Gasteiger partial charge in [-0.1, -0.05) is 0 Å². The Bertz CT molecular complexity index is 294. The zero-order valence-corrected chi connectivity index (χ0v) is 10.5. The number of hydrogen-bond acceptors (Lipinski definition) is 4. The van der Waals surface area contributed by atoms with Crippen molar-refractivity contribution < 1.29 is 0 Å². The molecule has 92 valence electrons. The third-order valence-corrected chi connectivity index (χ3v) is 2.65. The van der Waals surface area contributed by atoms with Gasteiger partial charge < -0.3 is 4.90 Å². The molecule has 1 aromatic heterocycles. The van der Waals surface area contributed by atoms with E-state index in [9.17, 15) is 0 Å². The summed E-state index contributed by atoms with van der Waals surface area (Å²) in [6, 6.07) is 0.317. The third-order valence-electron chi connectivity index (χ3n) is 2.65. The van der Waals surface area contributed by atoms with Gasteiger partial charge in [-0.05, 0) is 46.0 Å².